The van der Waals surface area contributed by atoms with Crippen LogP contribution in [0.2, 0.25) is 0 Å². The monoisotopic (exact) mass is 236 g/mol. The summed E-state index contributed by atoms with van der Waals surface area (Å²) in [7, 11) is 1.60. The van der Waals surface area contributed by atoms with Crippen LogP contribution in [0.4, 0.5) is 0 Å². The first-order valence-electron chi connectivity index (χ1n) is 5.32. The molecule has 4 nitrogen and oxygen atoms in total. The van der Waals surface area contributed by atoms with Crippen molar-refractivity contribution in [1.29, 1.82) is 0 Å². The average Bonchev–Trinajstić information content (AvgIpc) is 2.47. The summed E-state index contributed by atoms with van der Waals surface area (Å²) in [5.41, 5.74) is 0. The molecule has 1 amide bonds. The van der Waals surface area contributed by atoms with Crippen LogP contribution < -0.4 is 5.32 Å². The second kappa shape index (κ2) is 7.91. The van der Waals surface area contributed by atoms with E-state index in [0.717, 1.165) is 39.0 Å². The van der Waals surface area contributed by atoms with E-state index >= 15 is 0 Å². The van der Waals surface area contributed by atoms with Crippen LogP contribution in [0.3, 0.4) is 0 Å². The molecule has 1 saturated heterocycles. The molecule has 0 aliphatic carbocycles. The Bertz CT molecular complexity index is 178. The maximum absolute atomic E-state index is 11.9. The molecule has 0 aromatic rings. The topological polar surface area (TPSA) is 41.6 Å². The smallest absolute Gasteiger partial charge is 0.251 e. The van der Waals surface area contributed by atoms with Crippen LogP contribution in [0.5, 0.6) is 0 Å². The number of rotatable bonds is 3. The fraction of sp³-hybridized carbons (Fsp3) is 0.900. The quantitative estimate of drug-likeness (QED) is 0.783. The highest BCUT2D eigenvalue weighted by atomic mass is 35.5. The van der Waals surface area contributed by atoms with Crippen molar-refractivity contribution in [3.8, 4) is 0 Å². The van der Waals surface area contributed by atoms with E-state index in [1.54, 1.807) is 7.11 Å². The van der Waals surface area contributed by atoms with Crippen LogP contribution in [0.1, 0.15) is 19.8 Å². The van der Waals surface area contributed by atoms with Gasteiger partial charge in [0.2, 0.25) is 0 Å². The molecule has 5 heteroatoms. The second-order valence-corrected chi connectivity index (χ2v) is 3.56. The number of ether oxygens (including phenoxy) is 1. The molecule has 1 fully saturated rings. The summed E-state index contributed by atoms with van der Waals surface area (Å²) < 4.78 is 5.14. The van der Waals surface area contributed by atoms with Crippen molar-refractivity contribution in [2.45, 2.75) is 25.9 Å². The first kappa shape index (κ1) is 14.7. The Morgan fingerprint density at radius 2 is 2.20 bits per heavy atom. The summed E-state index contributed by atoms with van der Waals surface area (Å²) in [4.78, 5) is 13.8. The third-order valence-corrected chi connectivity index (χ3v) is 2.58. The zero-order valence-corrected chi connectivity index (χ0v) is 10.3. The molecule has 1 unspecified atom stereocenters. The third kappa shape index (κ3) is 4.36. The Morgan fingerprint density at radius 3 is 2.80 bits per heavy atom. The Labute approximate surface area is 97.8 Å². The predicted molar refractivity (Wildman–Crippen MR) is 62.4 cm³/mol. The molecular formula is C10H21ClN2O2. The van der Waals surface area contributed by atoms with Crippen molar-refractivity contribution >= 4 is 18.3 Å². The fourth-order valence-electron chi connectivity index (χ4n) is 1.71. The minimum Gasteiger partial charge on any atom is -0.372 e. The van der Waals surface area contributed by atoms with Gasteiger partial charge in [-0.15, -0.1) is 12.4 Å². The van der Waals surface area contributed by atoms with Gasteiger partial charge < -0.3 is 15.0 Å². The number of carbonyl (C=O) groups excluding carboxylic acids is 1. The molecule has 1 rings (SSSR count). The van der Waals surface area contributed by atoms with Gasteiger partial charge in [0.1, 0.15) is 6.10 Å². The van der Waals surface area contributed by atoms with Crippen LogP contribution in [0, 0.1) is 0 Å². The first-order valence-corrected chi connectivity index (χ1v) is 5.32. The average molecular weight is 237 g/mol. The van der Waals surface area contributed by atoms with Crippen LogP contribution in [0.25, 0.3) is 0 Å². The van der Waals surface area contributed by atoms with E-state index in [2.05, 4.69) is 5.32 Å². The Hall–Kier alpha value is -0.320. The van der Waals surface area contributed by atoms with E-state index in [1.165, 1.54) is 0 Å². The Morgan fingerprint density at radius 1 is 1.47 bits per heavy atom. The summed E-state index contributed by atoms with van der Waals surface area (Å²) in [5.74, 6) is 0.138. The van der Waals surface area contributed by atoms with Crippen molar-refractivity contribution in [3.05, 3.63) is 0 Å². The maximum atomic E-state index is 11.9. The number of nitrogens with one attached hydrogen (secondary N) is 1. The van der Waals surface area contributed by atoms with Crippen molar-refractivity contribution in [3.63, 3.8) is 0 Å². The lowest BCUT2D eigenvalue weighted by molar-refractivity contribution is -0.141. The van der Waals surface area contributed by atoms with E-state index in [4.69, 9.17) is 4.74 Å². The molecule has 0 saturated carbocycles. The summed E-state index contributed by atoms with van der Waals surface area (Å²) >= 11 is 0. The molecule has 0 radical (unpaired) electrons. The molecule has 0 aromatic carbocycles. The van der Waals surface area contributed by atoms with Crippen molar-refractivity contribution in [2.75, 3.05) is 33.3 Å². The van der Waals surface area contributed by atoms with Gasteiger partial charge in [0.15, 0.2) is 0 Å². The zero-order chi connectivity index (χ0) is 10.4. The highest BCUT2D eigenvalue weighted by Crippen LogP contribution is 2.04. The minimum absolute atomic E-state index is 0. The first-order chi connectivity index (χ1) is 6.79. The highest BCUT2D eigenvalue weighted by molar-refractivity contribution is 5.85. The molecule has 90 valence electrons. The van der Waals surface area contributed by atoms with Gasteiger partial charge in [-0.3, -0.25) is 4.79 Å². The summed E-state index contributed by atoms with van der Waals surface area (Å²) in [5, 5.41) is 3.27. The fourth-order valence-corrected chi connectivity index (χ4v) is 1.71. The van der Waals surface area contributed by atoms with E-state index in [1.807, 2.05) is 11.8 Å². The number of halogens is 1. The predicted octanol–water partition coefficient (Wildman–Crippen LogP) is 0.655. The van der Waals surface area contributed by atoms with Gasteiger partial charge in [-0.2, -0.15) is 0 Å². The van der Waals surface area contributed by atoms with Gasteiger partial charge in [0, 0.05) is 26.7 Å². The standard InChI is InChI=1S/C10H20N2O2.ClH/c1-3-9(14-2)10(13)12-7-4-5-11-6-8-12;/h9,11H,3-8H2,1-2H3;1H. The van der Waals surface area contributed by atoms with Gasteiger partial charge in [-0.05, 0) is 19.4 Å². The molecule has 0 aromatic heterocycles. The van der Waals surface area contributed by atoms with Gasteiger partial charge in [0.25, 0.3) is 5.91 Å². The molecule has 1 N–H and O–H groups in total. The number of hydrogen-bond donors (Lipinski definition) is 1. The summed E-state index contributed by atoms with van der Waals surface area (Å²) in [6.07, 6.45) is 1.53. The summed E-state index contributed by atoms with van der Waals surface area (Å²) in [6.45, 7) is 5.53. The lowest BCUT2D eigenvalue weighted by Gasteiger charge is -2.24. The van der Waals surface area contributed by atoms with Gasteiger partial charge in [-0.25, -0.2) is 0 Å². The molecule has 15 heavy (non-hydrogen) atoms. The Kier molecular flexibility index (Phi) is 7.74. The lowest BCUT2D eigenvalue weighted by Crippen LogP contribution is -2.41. The van der Waals surface area contributed by atoms with E-state index in [-0.39, 0.29) is 24.4 Å². The van der Waals surface area contributed by atoms with Crippen molar-refractivity contribution in [2.24, 2.45) is 0 Å². The molecular weight excluding hydrogens is 216 g/mol. The van der Waals surface area contributed by atoms with Crippen LogP contribution in [0.15, 0.2) is 0 Å². The van der Waals surface area contributed by atoms with Crippen LogP contribution in [-0.4, -0.2) is 50.2 Å². The molecule has 1 aliphatic heterocycles. The van der Waals surface area contributed by atoms with E-state index in [9.17, 15) is 4.79 Å². The number of methoxy groups -OCH3 is 1. The molecule has 1 heterocycles. The number of hydrogen-bond acceptors (Lipinski definition) is 3. The number of amides is 1. The van der Waals surface area contributed by atoms with E-state index < -0.39 is 0 Å². The normalized spacial score (nSPS) is 18.9. The summed E-state index contributed by atoms with van der Waals surface area (Å²) in [6, 6.07) is 0. The zero-order valence-electron chi connectivity index (χ0n) is 9.49. The minimum atomic E-state index is -0.256. The van der Waals surface area contributed by atoms with Crippen LogP contribution >= 0.6 is 12.4 Å². The van der Waals surface area contributed by atoms with E-state index in [0.29, 0.717) is 0 Å². The van der Waals surface area contributed by atoms with Gasteiger partial charge in [-0.1, -0.05) is 6.92 Å². The molecule has 0 spiro atoms. The number of nitrogens with zero attached hydrogens (tertiary/aromatic N) is 1. The largest absolute Gasteiger partial charge is 0.372 e. The number of carbonyl (C=O) groups is 1. The molecule has 1 atom stereocenters. The SMILES string of the molecule is CCC(OC)C(=O)N1CCCNCC1.Cl. The highest BCUT2D eigenvalue weighted by Gasteiger charge is 2.22. The van der Waals surface area contributed by atoms with Crippen molar-refractivity contribution < 1.29 is 9.53 Å². The third-order valence-electron chi connectivity index (χ3n) is 2.58. The van der Waals surface area contributed by atoms with Crippen LogP contribution in [-0.2, 0) is 9.53 Å². The molecule has 0 bridgehead atoms. The van der Waals surface area contributed by atoms with Gasteiger partial charge >= 0.3 is 0 Å². The maximum Gasteiger partial charge on any atom is 0.251 e. The Balaban J connectivity index is 0.00000196. The molecule has 1 aliphatic rings. The second-order valence-electron chi connectivity index (χ2n) is 3.56. The van der Waals surface area contributed by atoms with Crippen molar-refractivity contribution in [1.82, 2.24) is 10.2 Å². The van der Waals surface area contributed by atoms with Gasteiger partial charge in [0.05, 0.1) is 0 Å². The lowest BCUT2D eigenvalue weighted by atomic mass is 10.2.